The molecule has 14 heavy (non-hydrogen) atoms. The zero-order chi connectivity index (χ0) is 11.4. The molecule has 0 fully saturated rings. The molecular formula is C10H23NO2S. The standard InChI is InChI=1S/C10H23NO2S/c1-6-9(7-2)11-8-14(12,13)10(3,4)5/h9,11H,6-8H2,1-5H3. The monoisotopic (exact) mass is 221 g/mol. The first-order valence-corrected chi connectivity index (χ1v) is 6.85. The molecule has 0 unspecified atom stereocenters. The third kappa shape index (κ3) is 3.96. The van der Waals surface area contributed by atoms with E-state index in [0.29, 0.717) is 6.04 Å². The highest BCUT2D eigenvalue weighted by Gasteiger charge is 2.28. The summed E-state index contributed by atoms with van der Waals surface area (Å²) in [6.07, 6.45) is 1.94. The number of sulfone groups is 1. The van der Waals surface area contributed by atoms with Crippen LogP contribution in [-0.4, -0.2) is 25.1 Å². The first-order chi connectivity index (χ1) is 6.24. The predicted octanol–water partition coefficient (Wildman–Crippen LogP) is 1.94. The van der Waals surface area contributed by atoms with Crippen LogP contribution in [0.15, 0.2) is 0 Å². The van der Waals surface area contributed by atoms with Crippen molar-refractivity contribution in [1.29, 1.82) is 0 Å². The quantitative estimate of drug-likeness (QED) is 0.771. The van der Waals surface area contributed by atoms with Gasteiger partial charge in [0, 0.05) is 6.04 Å². The van der Waals surface area contributed by atoms with Gasteiger partial charge in [-0.1, -0.05) is 13.8 Å². The van der Waals surface area contributed by atoms with E-state index < -0.39 is 14.6 Å². The summed E-state index contributed by atoms with van der Waals surface area (Å²) in [6, 6.07) is 0.312. The number of hydrogen-bond donors (Lipinski definition) is 1. The second kappa shape index (κ2) is 5.12. The second-order valence-electron chi connectivity index (χ2n) is 4.59. The Labute approximate surface area is 88.2 Å². The van der Waals surface area contributed by atoms with Crippen molar-refractivity contribution in [2.75, 3.05) is 5.88 Å². The summed E-state index contributed by atoms with van der Waals surface area (Å²) in [5.74, 6) is 0.0862. The molecule has 0 aromatic carbocycles. The molecule has 0 aliphatic carbocycles. The van der Waals surface area contributed by atoms with Crippen molar-refractivity contribution in [3.8, 4) is 0 Å². The van der Waals surface area contributed by atoms with Crippen LogP contribution in [0.3, 0.4) is 0 Å². The van der Waals surface area contributed by atoms with E-state index in [1.807, 2.05) is 0 Å². The first-order valence-electron chi connectivity index (χ1n) is 5.20. The maximum Gasteiger partial charge on any atom is 0.168 e. The fourth-order valence-corrected chi connectivity index (χ4v) is 1.91. The van der Waals surface area contributed by atoms with E-state index in [9.17, 15) is 8.42 Å². The SMILES string of the molecule is CCC(CC)NCS(=O)(=O)C(C)(C)C. The first kappa shape index (κ1) is 13.9. The summed E-state index contributed by atoms with van der Waals surface area (Å²) in [7, 11) is -3.02. The summed E-state index contributed by atoms with van der Waals surface area (Å²) in [6.45, 7) is 9.32. The van der Waals surface area contributed by atoms with Gasteiger partial charge in [0.1, 0.15) is 0 Å². The van der Waals surface area contributed by atoms with Gasteiger partial charge in [-0.05, 0) is 33.6 Å². The Morgan fingerprint density at radius 2 is 1.57 bits per heavy atom. The summed E-state index contributed by atoms with van der Waals surface area (Å²) in [4.78, 5) is 0. The van der Waals surface area contributed by atoms with Crippen LogP contribution in [0.2, 0.25) is 0 Å². The van der Waals surface area contributed by atoms with Crippen LogP contribution < -0.4 is 5.32 Å². The Kier molecular flexibility index (Phi) is 5.09. The lowest BCUT2D eigenvalue weighted by molar-refractivity contribution is 0.498. The van der Waals surface area contributed by atoms with E-state index in [2.05, 4.69) is 19.2 Å². The van der Waals surface area contributed by atoms with Gasteiger partial charge in [-0.15, -0.1) is 0 Å². The largest absolute Gasteiger partial charge is 0.301 e. The molecule has 0 radical (unpaired) electrons. The molecule has 1 N–H and O–H groups in total. The van der Waals surface area contributed by atoms with Crippen molar-refractivity contribution in [3.05, 3.63) is 0 Å². The van der Waals surface area contributed by atoms with E-state index >= 15 is 0 Å². The molecule has 86 valence electrons. The molecule has 0 aromatic rings. The Morgan fingerprint density at radius 3 is 1.86 bits per heavy atom. The van der Waals surface area contributed by atoms with Crippen LogP contribution in [-0.2, 0) is 9.84 Å². The minimum Gasteiger partial charge on any atom is -0.301 e. The summed E-state index contributed by atoms with van der Waals surface area (Å²) >= 11 is 0. The van der Waals surface area contributed by atoms with E-state index in [4.69, 9.17) is 0 Å². The van der Waals surface area contributed by atoms with Gasteiger partial charge >= 0.3 is 0 Å². The van der Waals surface area contributed by atoms with Gasteiger partial charge in [-0.3, -0.25) is 0 Å². The molecule has 4 heteroatoms. The maximum absolute atomic E-state index is 11.7. The average molecular weight is 221 g/mol. The van der Waals surface area contributed by atoms with Gasteiger partial charge in [0.2, 0.25) is 0 Å². The number of nitrogens with one attached hydrogen (secondary N) is 1. The van der Waals surface area contributed by atoms with E-state index in [1.54, 1.807) is 20.8 Å². The lowest BCUT2D eigenvalue weighted by atomic mass is 10.2. The van der Waals surface area contributed by atoms with Gasteiger partial charge in [-0.2, -0.15) is 0 Å². The van der Waals surface area contributed by atoms with Crippen molar-refractivity contribution in [2.45, 2.75) is 58.2 Å². The van der Waals surface area contributed by atoms with Crippen molar-refractivity contribution < 1.29 is 8.42 Å². The molecule has 0 atom stereocenters. The molecular weight excluding hydrogens is 198 g/mol. The molecule has 0 bridgehead atoms. The van der Waals surface area contributed by atoms with Gasteiger partial charge in [0.15, 0.2) is 9.84 Å². The average Bonchev–Trinajstić information content (AvgIpc) is 2.04. The smallest absolute Gasteiger partial charge is 0.168 e. The van der Waals surface area contributed by atoms with Crippen molar-refractivity contribution >= 4 is 9.84 Å². The fourth-order valence-electron chi connectivity index (χ4n) is 1.02. The third-order valence-corrected chi connectivity index (χ3v) is 4.89. The van der Waals surface area contributed by atoms with Gasteiger partial charge in [-0.25, -0.2) is 8.42 Å². The maximum atomic E-state index is 11.7. The Bertz CT molecular complexity index is 248. The van der Waals surface area contributed by atoms with Crippen LogP contribution in [0, 0.1) is 0 Å². The normalized spacial score (nSPS) is 13.6. The van der Waals surface area contributed by atoms with E-state index in [1.165, 1.54) is 0 Å². The topological polar surface area (TPSA) is 46.2 Å². The fraction of sp³-hybridized carbons (Fsp3) is 1.00. The van der Waals surface area contributed by atoms with Crippen molar-refractivity contribution in [2.24, 2.45) is 0 Å². The summed E-state index contributed by atoms with van der Waals surface area (Å²) in [5, 5.41) is 3.08. The lowest BCUT2D eigenvalue weighted by Crippen LogP contribution is -2.40. The predicted molar refractivity (Wildman–Crippen MR) is 61.0 cm³/mol. The molecule has 0 aliphatic rings. The number of rotatable bonds is 5. The van der Waals surface area contributed by atoms with E-state index in [0.717, 1.165) is 12.8 Å². The van der Waals surface area contributed by atoms with E-state index in [-0.39, 0.29) is 5.88 Å². The Morgan fingerprint density at radius 1 is 1.14 bits per heavy atom. The molecule has 0 saturated carbocycles. The lowest BCUT2D eigenvalue weighted by Gasteiger charge is -2.22. The third-order valence-electron chi connectivity index (χ3n) is 2.48. The molecule has 0 saturated heterocycles. The van der Waals surface area contributed by atoms with Gasteiger partial charge in [0.05, 0.1) is 10.6 Å². The molecule has 0 spiro atoms. The molecule has 0 amide bonds. The van der Waals surface area contributed by atoms with Gasteiger partial charge < -0.3 is 5.32 Å². The van der Waals surface area contributed by atoms with Gasteiger partial charge in [0.25, 0.3) is 0 Å². The summed E-state index contributed by atoms with van der Waals surface area (Å²) in [5.41, 5.74) is 0. The Hall–Kier alpha value is -0.0900. The van der Waals surface area contributed by atoms with Crippen LogP contribution in [0.5, 0.6) is 0 Å². The molecule has 0 heterocycles. The van der Waals surface area contributed by atoms with Crippen LogP contribution in [0.4, 0.5) is 0 Å². The van der Waals surface area contributed by atoms with Crippen LogP contribution >= 0.6 is 0 Å². The van der Waals surface area contributed by atoms with Crippen LogP contribution in [0.1, 0.15) is 47.5 Å². The minimum atomic E-state index is -3.02. The van der Waals surface area contributed by atoms with Crippen molar-refractivity contribution in [1.82, 2.24) is 5.32 Å². The molecule has 0 rings (SSSR count). The van der Waals surface area contributed by atoms with Crippen molar-refractivity contribution in [3.63, 3.8) is 0 Å². The highest BCUT2D eigenvalue weighted by molar-refractivity contribution is 7.92. The highest BCUT2D eigenvalue weighted by atomic mass is 32.2. The Balaban J connectivity index is 4.27. The molecule has 3 nitrogen and oxygen atoms in total. The second-order valence-corrected chi connectivity index (χ2v) is 7.33. The zero-order valence-corrected chi connectivity index (χ0v) is 10.7. The highest BCUT2D eigenvalue weighted by Crippen LogP contribution is 2.15. The van der Waals surface area contributed by atoms with Crippen LogP contribution in [0.25, 0.3) is 0 Å². The zero-order valence-electron chi connectivity index (χ0n) is 9.92. The number of hydrogen-bond acceptors (Lipinski definition) is 3. The molecule has 0 aromatic heterocycles. The summed E-state index contributed by atoms with van der Waals surface area (Å²) < 4.78 is 22.8. The minimum absolute atomic E-state index is 0.0862. The molecule has 0 aliphatic heterocycles.